The van der Waals surface area contributed by atoms with E-state index in [1.165, 1.54) is 0 Å². The number of aromatic nitrogens is 4. The van der Waals surface area contributed by atoms with Gasteiger partial charge in [-0.2, -0.15) is 0 Å². The average Bonchev–Trinajstić information content (AvgIpc) is 2.71. The Hall–Kier alpha value is -1.91. The fraction of sp³-hybridized carbons (Fsp3) is 0.222. The molecule has 0 saturated heterocycles. The first-order chi connectivity index (χ1) is 6.90. The SMILES string of the molecule is CCNc1cccc(-c2nnn[nH]2)c1. The van der Waals surface area contributed by atoms with Gasteiger partial charge in [0.25, 0.3) is 0 Å². The second-order valence-corrected chi connectivity index (χ2v) is 2.86. The smallest absolute Gasteiger partial charge is 0.179 e. The fourth-order valence-corrected chi connectivity index (χ4v) is 1.26. The van der Waals surface area contributed by atoms with E-state index in [0.29, 0.717) is 5.82 Å². The number of hydrogen-bond donors (Lipinski definition) is 2. The van der Waals surface area contributed by atoms with Gasteiger partial charge in [-0.05, 0) is 29.5 Å². The summed E-state index contributed by atoms with van der Waals surface area (Å²) in [6.07, 6.45) is 0. The Bertz CT molecular complexity index is 395. The zero-order valence-corrected chi connectivity index (χ0v) is 7.86. The Morgan fingerprint density at radius 2 is 2.36 bits per heavy atom. The van der Waals surface area contributed by atoms with E-state index in [0.717, 1.165) is 17.8 Å². The molecule has 0 aliphatic carbocycles. The van der Waals surface area contributed by atoms with Crippen molar-refractivity contribution in [2.75, 3.05) is 11.9 Å². The van der Waals surface area contributed by atoms with Gasteiger partial charge in [0.05, 0.1) is 0 Å². The van der Waals surface area contributed by atoms with Crippen LogP contribution in [0.1, 0.15) is 6.92 Å². The highest BCUT2D eigenvalue weighted by atomic mass is 15.5. The van der Waals surface area contributed by atoms with Crippen molar-refractivity contribution in [2.24, 2.45) is 0 Å². The highest BCUT2D eigenvalue weighted by molar-refractivity contribution is 5.61. The van der Waals surface area contributed by atoms with E-state index >= 15 is 0 Å². The number of tetrazole rings is 1. The van der Waals surface area contributed by atoms with Crippen LogP contribution in [0.25, 0.3) is 11.4 Å². The summed E-state index contributed by atoms with van der Waals surface area (Å²) >= 11 is 0. The molecule has 1 aromatic heterocycles. The molecule has 72 valence electrons. The molecule has 0 saturated carbocycles. The van der Waals surface area contributed by atoms with Gasteiger partial charge in [0.1, 0.15) is 0 Å². The summed E-state index contributed by atoms with van der Waals surface area (Å²) in [5, 5.41) is 16.9. The molecular formula is C9H11N5. The third kappa shape index (κ3) is 1.71. The lowest BCUT2D eigenvalue weighted by atomic mass is 10.2. The minimum absolute atomic E-state index is 0.685. The van der Waals surface area contributed by atoms with Crippen LogP contribution in [0.3, 0.4) is 0 Å². The van der Waals surface area contributed by atoms with Gasteiger partial charge >= 0.3 is 0 Å². The first-order valence-corrected chi connectivity index (χ1v) is 4.48. The molecule has 0 bridgehead atoms. The summed E-state index contributed by atoms with van der Waals surface area (Å²) < 4.78 is 0. The maximum atomic E-state index is 3.84. The van der Waals surface area contributed by atoms with Gasteiger partial charge < -0.3 is 5.32 Å². The fourth-order valence-electron chi connectivity index (χ4n) is 1.26. The summed E-state index contributed by atoms with van der Waals surface area (Å²) in [6, 6.07) is 7.95. The molecule has 2 rings (SSSR count). The highest BCUT2D eigenvalue weighted by Crippen LogP contribution is 2.17. The van der Waals surface area contributed by atoms with Crippen molar-refractivity contribution < 1.29 is 0 Å². The Labute approximate surface area is 81.5 Å². The quantitative estimate of drug-likeness (QED) is 0.763. The van der Waals surface area contributed by atoms with Crippen molar-refractivity contribution >= 4 is 5.69 Å². The van der Waals surface area contributed by atoms with Crippen LogP contribution < -0.4 is 5.32 Å². The summed E-state index contributed by atoms with van der Waals surface area (Å²) in [7, 11) is 0. The molecule has 1 aromatic carbocycles. The number of aromatic amines is 1. The predicted octanol–water partition coefficient (Wildman–Crippen LogP) is 1.30. The molecule has 0 amide bonds. The van der Waals surface area contributed by atoms with Crippen molar-refractivity contribution in [1.29, 1.82) is 0 Å². The lowest BCUT2D eigenvalue weighted by Crippen LogP contribution is -1.96. The molecule has 0 fully saturated rings. The van der Waals surface area contributed by atoms with Crippen molar-refractivity contribution in [3.63, 3.8) is 0 Å². The van der Waals surface area contributed by atoms with E-state index in [2.05, 4.69) is 32.9 Å². The molecule has 0 unspecified atom stereocenters. The minimum atomic E-state index is 0.685. The largest absolute Gasteiger partial charge is 0.385 e. The van der Waals surface area contributed by atoms with Crippen LogP contribution in [-0.4, -0.2) is 27.2 Å². The number of rotatable bonds is 3. The number of anilines is 1. The van der Waals surface area contributed by atoms with Crippen molar-refractivity contribution in [1.82, 2.24) is 20.6 Å². The number of hydrogen-bond acceptors (Lipinski definition) is 4. The van der Waals surface area contributed by atoms with Gasteiger partial charge in [0.2, 0.25) is 0 Å². The zero-order valence-electron chi connectivity index (χ0n) is 7.86. The van der Waals surface area contributed by atoms with Crippen molar-refractivity contribution in [3.05, 3.63) is 24.3 Å². The third-order valence-corrected chi connectivity index (χ3v) is 1.86. The standard InChI is InChI=1S/C9H11N5/c1-2-10-8-5-3-4-7(6-8)9-11-13-14-12-9/h3-6,10H,2H2,1H3,(H,11,12,13,14). The molecule has 5 nitrogen and oxygen atoms in total. The average molecular weight is 189 g/mol. The maximum absolute atomic E-state index is 3.84. The molecule has 0 spiro atoms. The van der Waals surface area contributed by atoms with Crippen LogP contribution >= 0.6 is 0 Å². The van der Waals surface area contributed by atoms with Crippen LogP contribution in [0.4, 0.5) is 5.69 Å². The Kier molecular flexibility index (Phi) is 2.40. The second kappa shape index (κ2) is 3.87. The lowest BCUT2D eigenvalue weighted by Gasteiger charge is -2.03. The number of nitrogens with zero attached hydrogens (tertiary/aromatic N) is 3. The monoisotopic (exact) mass is 189 g/mol. The topological polar surface area (TPSA) is 66.5 Å². The molecule has 2 N–H and O–H groups in total. The van der Waals surface area contributed by atoms with Gasteiger partial charge in [-0.1, -0.05) is 12.1 Å². The van der Waals surface area contributed by atoms with Crippen LogP contribution in [0.15, 0.2) is 24.3 Å². The van der Waals surface area contributed by atoms with E-state index in [1.54, 1.807) is 0 Å². The lowest BCUT2D eigenvalue weighted by molar-refractivity contribution is 0.881. The summed E-state index contributed by atoms with van der Waals surface area (Å²) in [4.78, 5) is 0. The molecule has 0 radical (unpaired) electrons. The Morgan fingerprint density at radius 3 is 3.07 bits per heavy atom. The Balaban J connectivity index is 2.31. The second-order valence-electron chi connectivity index (χ2n) is 2.86. The van der Waals surface area contributed by atoms with E-state index < -0.39 is 0 Å². The third-order valence-electron chi connectivity index (χ3n) is 1.86. The van der Waals surface area contributed by atoms with Gasteiger partial charge in [-0.3, -0.25) is 0 Å². The normalized spacial score (nSPS) is 10.1. The molecular weight excluding hydrogens is 178 g/mol. The minimum Gasteiger partial charge on any atom is -0.385 e. The first-order valence-electron chi connectivity index (χ1n) is 4.48. The van der Waals surface area contributed by atoms with Gasteiger partial charge in [0.15, 0.2) is 5.82 Å². The van der Waals surface area contributed by atoms with E-state index in [9.17, 15) is 0 Å². The number of H-pyrrole nitrogens is 1. The molecule has 2 aromatic rings. The van der Waals surface area contributed by atoms with Crippen molar-refractivity contribution in [2.45, 2.75) is 6.92 Å². The predicted molar refractivity (Wildman–Crippen MR) is 53.8 cm³/mol. The molecule has 0 atom stereocenters. The Morgan fingerprint density at radius 1 is 1.43 bits per heavy atom. The van der Waals surface area contributed by atoms with Crippen LogP contribution in [0.2, 0.25) is 0 Å². The number of nitrogens with one attached hydrogen (secondary N) is 2. The van der Waals surface area contributed by atoms with Gasteiger partial charge in [-0.15, -0.1) is 5.10 Å². The van der Waals surface area contributed by atoms with E-state index in [1.807, 2.05) is 24.3 Å². The maximum Gasteiger partial charge on any atom is 0.179 e. The zero-order chi connectivity index (χ0) is 9.80. The molecule has 5 heteroatoms. The summed E-state index contributed by atoms with van der Waals surface area (Å²) in [5.41, 5.74) is 2.05. The van der Waals surface area contributed by atoms with Crippen molar-refractivity contribution in [3.8, 4) is 11.4 Å². The van der Waals surface area contributed by atoms with E-state index in [-0.39, 0.29) is 0 Å². The summed E-state index contributed by atoms with van der Waals surface area (Å²) in [6.45, 7) is 2.96. The molecule has 1 heterocycles. The van der Waals surface area contributed by atoms with E-state index in [4.69, 9.17) is 0 Å². The van der Waals surface area contributed by atoms with Crippen LogP contribution in [0.5, 0.6) is 0 Å². The first kappa shape index (κ1) is 8.68. The molecule has 0 aliphatic rings. The molecule has 14 heavy (non-hydrogen) atoms. The van der Waals surface area contributed by atoms with Crippen LogP contribution in [0, 0.1) is 0 Å². The highest BCUT2D eigenvalue weighted by Gasteiger charge is 2.01. The molecule has 0 aliphatic heterocycles. The summed E-state index contributed by atoms with van der Waals surface area (Å²) in [5.74, 6) is 0.685. The van der Waals surface area contributed by atoms with Crippen LogP contribution in [-0.2, 0) is 0 Å². The van der Waals surface area contributed by atoms with Gasteiger partial charge in [0, 0.05) is 17.8 Å². The number of benzene rings is 1. The van der Waals surface area contributed by atoms with Gasteiger partial charge in [-0.25, -0.2) is 5.10 Å².